The van der Waals surface area contributed by atoms with Crippen molar-refractivity contribution in [1.82, 2.24) is 0 Å². The van der Waals surface area contributed by atoms with Crippen molar-refractivity contribution in [3.05, 3.63) is 42.0 Å². The first-order chi connectivity index (χ1) is 10.3. The molecule has 2 aromatic carbocycles. The Balaban J connectivity index is 2.41. The summed E-state index contributed by atoms with van der Waals surface area (Å²) in [5.74, 6) is 0.800. The van der Waals surface area contributed by atoms with Crippen molar-refractivity contribution in [2.24, 2.45) is 5.73 Å². The van der Waals surface area contributed by atoms with Gasteiger partial charge in [0.05, 0.1) is 26.9 Å². The zero-order valence-electron chi connectivity index (χ0n) is 12.1. The zero-order chi connectivity index (χ0) is 15.1. The van der Waals surface area contributed by atoms with Crippen LogP contribution in [0.25, 0.3) is 10.8 Å². The maximum atomic E-state index is 8.96. The fourth-order valence-electron chi connectivity index (χ4n) is 2.24. The molecule has 114 valence electrons. The minimum atomic E-state index is -0.559. The van der Waals surface area contributed by atoms with Gasteiger partial charge in [-0.3, -0.25) is 0 Å². The minimum Gasteiger partial charge on any atom is -0.496 e. The Kier molecular flexibility index (Phi) is 5.95. The molecule has 0 heterocycles. The van der Waals surface area contributed by atoms with E-state index in [1.54, 1.807) is 7.11 Å². The molecule has 0 aromatic heterocycles. The van der Waals surface area contributed by atoms with Gasteiger partial charge in [0.2, 0.25) is 0 Å². The van der Waals surface area contributed by atoms with E-state index in [4.69, 9.17) is 25.1 Å². The number of hydrogen-bond donors (Lipinski definition) is 2. The fourth-order valence-corrected chi connectivity index (χ4v) is 2.24. The number of nitrogens with two attached hydrogens (primary N) is 1. The molecule has 1 unspecified atom stereocenters. The summed E-state index contributed by atoms with van der Waals surface area (Å²) >= 11 is 0. The van der Waals surface area contributed by atoms with Crippen LogP contribution in [0.5, 0.6) is 5.75 Å². The Morgan fingerprint density at radius 2 is 1.76 bits per heavy atom. The first kappa shape index (κ1) is 15.7. The Morgan fingerprint density at radius 3 is 2.43 bits per heavy atom. The largest absolute Gasteiger partial charge is 0.496 e. The van der Waals surface area contributed by atoms with Crippen molar-refractivity contribution in [3.8, 4) is 5.75 Å². The molecule has 0 amide bonds. The molecule has 2 aromatic rings. The van der Waals surface area contributed by atoms with Gasteiger partial charge in [0.25, 0.3) is 0 Å². The van der Waals surface area contributed by atoms with Crippen LogP contribution >= 0.6 is 0 Å². The highest BCUT2D eigenvalue weighted by Crippen LogP contribution is 2.33. The molecule has 0 saturated carbocycles. The molecule has 1 atom stereocenters. The maximum Gasteiger partial charge on any atom is 0.184 e. The van der Waals surface area contributed by atoms with Gasteiger partial charge in [-0.25, -0.2) is 0 Å². The van der Waals surface area contributed by atoms with E-state index in [2.05, 4.69) is 0 Å². The molecule has 0 radical (unpaired) electrons. The summed E-state index contributed by atoms with van der Waals surface area (Å²) in [6.07, 6.45) is -0.559. The standard InChI is InChI=1S/C16H21NO4/c1-19-15-7-6-14(12-4-2-3-5-13(12)15)16(20-10-8-17)21-11-9-18/h2-7,16,18H,8-11,17H2,1H3. The maximum absolute atomic E-state index is 8.96. The number of hydrogen-bond acceptors (Lipinski definition) is 5. The normalized spacial score (nSPS) is 12.5. The van der Waals surface area contributed by atoms with Gasteiger partial charge in [0.1, 0.15) is 5.75 Å². The van der Waals surface area contributed by atoms with Crippen molar-refractivity contribution in [1.29, 1.82) is 0 Å². The minimum absolute atomic E-state index is 0.0590. The van der Waals surface area contributed by atoms with Crippen LogP contribution in [0.4, 0.5) is 0 Å². The Labute approximate surface area is 124 Å². The van der Waals surface area contributed by atoms with E-state index in [9.17, 15) is 0 Å². The van der Waals surface area contributed by atoms with E-state index in [-0.39, 0.29) is 13.2 Å². The number of aliphatic hydroxyl groups excluding tert-OH is 1. The van der Waals surface area contributed by atoms with E-state index in [1.165, 1.54) is 0 Å². The van der Waals surface area contributed by atoms with Gasteiger partial charge in [-0.1, -0.05) is 24.3 Å². The third-order valence-corrected chi connectivity index (χ3v) is 3.14. The van der Waals surface area contributed by atoms with Crippen molar-refractivity contribution in [2.75, 3.05) is 33.5 Å². The van der Waals surface area contributed by atoms with Crippen molar-refractivity contribution in [2.45, 2.75) is 6.29 Å². The van der Waals surface area contributed by atoms with Gasteiger partial charge in [0, 0.05) is 17.5 Å². The zero-order valence-corrected chi connectivity index (χ0v) is 12.1. The second kappa shape index (κ2) is 7.95. The topological polar surface area (TPSA) is 73.9 Å². The summed E-state index contributed by atoms with van der Waals surface area (Å²) in [7, 11) is 1.64. The number of ether oxygens (including phenoxy) is 3. The van der Waals surface area contributed by atoms with Gasteiger partial charge in [-0.05, 0) is 17.5 Å². The van der Waals surface area contributed by atoms with Crippen LogP contribution in [0.1, 0.15) is 11.9 Å². The SMILES string of the molecule is COc1ccc(C(OCCN)OCCO)c2ccccc12. The second-order valence-corrected chi connectivity index (χ2v) is 4.49. The molecule has 2 rings (SSSR count). The summed E-state index contributed by atoms with van der Waals surface area (Å²) < 4.78 is 16.6. The third-order valence-electron chi connectivity index (χ3n) is 3.14. The van der Waals surface area contributed by atoms with Crippen molar-refractivity contribution >= 4 is 10.8 Å². The van der Waals surface area contributed by atoms with Crippen LogP contribution in [0, 0.1) is 0 Å². The molecule has 0 aliphatic rings. The number of aliphatic hydroxyl groups is 1. The molecule has 21 heavy (non-hydrogen) atoms. The predicted octanol–water partition coefficient (Wildman–Crippen LogP) is 1.83. The summed E-state index contributed by atoms with van der Waals surface area (Å²) in [5, 5.41) is 10.9. The molecule has 0 saturated heterocycles. The summed E-state index contributed by atoms with van der Waals surface area (Å²) in [6, 6.07) is 11.7. The van der Waals surface area contributed by atoms with E-state index >= 15 is 0 Å². The van der Waals surface area contributed by atoms with Crippen LogP contribution in [0.2, 0.25) is 0 Å². The third kappa shape index (κ3) is 3.71. The molecule has 0 spiro atoms. The van der Waals surface area contributed by atoms with E-state index in [0.29, 0.717) is 13.2 Å². The van der Waals surface area contributed by atoms with Crippen LogP contribution < -0.4 is 10.5 Å². The highest BCUT2D eigenvalue weighted by atomic mass is 16.7. The lowest BCUT2D eigenvalue weighted by atomic mass is 10.0. The summed E-state index contributed by atoms with van der Waals surface area (Å²) in [4.78, 5) is 0. The Morgan fingerprint density at radius 1 is 1.05 bits per heavy atom. The molecule has 5 heteroatoms. The van der Waals surface area contributed by atoms with Gasteiger partial charge < -0.3 is 25.1 Å². The van der Waals surface area contributed by atoms with Crippen LogP contribution in [0.3, 0.4) is 0 Å². The molecule has 0 aliphatic heterocycles. The number of benzene rings is 2. The molecule has 0 aliphatic carbocycles. The number of methoxy groups -OCH3 is 1. The van der Waals surface area contributed by atoms with Crippen LogP contribution in [0.15, 0.2) is 36.4 Å². The molecule has 0 fully saturated rings. The molecular weight excluding hydrogens is 270 g/mol. The average molecular weight is 291 g/mol. The van der Waals surface area contributed by atoms with Gasteiger partial charge in [-0.15, -0.1) is 0 Å². The van der Waals surface area contributed by atoms with Crippen molar-refractivity contribution in [3.63, 3.8) is 0 Å². The Hall–Kier alpha value is -1.66. The lowest BCUT2D eigenvalue weighted by molar-refractivity contribution is -0.149. The number of rotatable bonds is 8. The second-order valence-electron chi connectivity index (χ2n) is 4.49. The first-order valence-corrected chi connectivity index (χ1v) is 6.91. The molecular formula is C16H21NO4. The van der Waals surface area contributed by atoms with Crippen LogP contribution in [-0.2, 0) is 9.47 Å². The van der Waals surface area contributed by atoms with Crippen molar-refractivity contribution < 1.29 is 19.3 Å². The molecule has 3 N–H and O–H groups in total. The smallest absolute Gasteiger partial charge is 0.184 e. The quantitative estimate of drug-likeness (QED) is 0.726. The number of fused-ring (bicyclic) bond motifs is 1. The monoisotopic (exact) mass is 291 g/mol. The average Bonchev–Trinajstić information content (AvgIpc) is 2.54. The highest BCUT2D eigenvalue weighted by molar-refractivity contribution is 5.91. The highest BCUT2D eigenvalue weighted by Gasteiger charge is 2.17. The summed E-state index contributed by atoms with van der Waals surface area (Å²) in [6.45, 7) is 0.940. The van der Waals surface area contributed by atoms with Gasteiger partial charge in [0.15, 0.2) is 6.29 Å². The lowest BCUT2D eigenvalue weighted by Crippen LogP contribution is -2.17. The summed E-state index contributed by atoms with van der Waals surface area (Å²) in [5.41, 5.74) is 6.39. The molecule has 5 nitrogen and oxygen atoms in total. The van der Waals surface area contributed by atoms with E-state index in [1.807, 2.05) is 36.4 Å². The lowest BCUT2D eigenvalue weighted by Gasteiger charge is -2.20. The van der Waals surface area contributed by atoms with Gasteiger partial charge in [-0.2, -0.15) is 0 Å². The van der Waals surface area contributed by atoms with Crippen LogP contribution in [-0.4, -0.2) is 38.6 Å². The van der Waals surface area contributed by atoms with E-state index in [0.717, 1.165) is 22.1 Å². The fraction of sp³-hybridized carbons (Fsp3) is 0.375. The Bertz CT molecular complexity index is 565. The van der Waals surface area contributed by atoms with Gasteiger partial charge >= 0.3 is 0 Å². The van der Waals surface area contributed by atoms with E-state index < -0.39 is 6.29 Å². The molecule has 0 bridgehead atoms. The predicted molar refractivity (Wildman–Crippen MR) is 81.3 cm³/mol. The first-order valence-electron chi connectivity index (χ1n) is 6.91.